The van der Waals surface area contributed by atoms with Gasteiger partial charge in [0.2, 0.25) is 0 Å². The third-order valence-corrected chi connectivity index (χ3v) is 6.58. The number of aliphatic hydroxyl groups excluding tert-OH is 1. The summed E-state index contributed by atoms with van der Waals surface area (Å²) in [5.74, 6) is -0.283. The average Bonchev–Trinajstić information content (AvgIpc) is 3.29. The number of rotatable bonds is 6. The average molecular weight is 376 g/mol. The molecule has 1 aromatic heterocycles. The second-order valence-electron chi connectivity index (χ2n) is 7.03. The standard InChI is InChI=1S/C20H25FN2O2S/c1-14(24)17-8-9-18(26-17)20(10-2-3-11-20)13-23-19(25)22-12-15-4-6-16(21)7-5-15/h4-9,14,24H,2-3,10-13H2,1H3,(H2,22,23,25)/t14-/m0/s1. The number of carbonyl (C=O) groups is 1. The molecule has 0 bridgehead atoms. The molecule has 2 amide bonds. The first-order valence-electron chi connectivity index (χ1n) is 9.03. The molecule has 0 unspecified atom stereocenters. The molecule has 0 spiro atoms. The minimum Gasteiger partial charge on any atom is -0.388 e. The largest absolute Gasteiger partial charge is 0.388 e. The van der Waals surface area contributed by atoms with E-state index in [1.54, 1.807) is 30.4 Å². The maximum Gasteiger partial charge on any atom is 0.315 e. The molecule has 1 aliphatic rings. The predicted octanol–water partition coefficient (Wildman–Crippen LogP) is 4.25. The summed E-state index contributed by atoms with van der Waals surface area (Å²) < 4.78 is 12.9. The summed E-state index contributed by atoms with van der Waals surface area (Å²) in [5.41, 5.74) is 0.822. The molecule has 0 saturated heterocycles. The molecular formula is C20H25FN2O2S. The van der Waals surface area contributed by atoms with Gasteiger partial charge in [0, 0.05) is 28.3 Å². The van der Waals surface area contributed by atoms with Crippen molar-refractivity contribution in [1.82, 2.24) is 10.6 Å². The van der Waals surface area contributed by atoms with Crippen LogP contribution in [0.4, 0.5) is 9.18 Å². The van der Waals surface area contributed by atoms with E-state index in [0.29, 0.717) is 13.1 Å². The van der Waals surface area contributed by atoms with E-state index in [1.807, 2.05) is 6.07 Å². The zero-order valence-electron chi connectivity index (χ0n) is 14.9. The van der Waals surface area contributed by atoms with Gasteiger partial charge < -0.3 is 15.7 Å². The van der Waals surface area contributed by atoms with Crippen molar-refractivity contribution in [1.29, 1.82) is 0 Å². The van der Waals surface area contributed by atoms with E-state index in [2.05, 4.69) is 16.7 Å². The van der Waals surface area contributed by atoms with E-state index >= 15 is 0 Å². The third-order valence-electron chi connectivity index (χ3n) is 5.08. The van der Waals surface area contributed by atoms with Gasteiger partial charge in [-0.3, -0.25) is 0 Å². The lowest BCUT2D eigenvalue weighted by Crippen LogP contribution is -2.43. The maximum absolute atomic E-state index is 12.9. The van der Waals surface area contributed by atoms with E-state index < -0.39 is 6.10 Å². The van der Waals surface area contributed by atoms with Gasteiger partial charge in [0.25, 0.3) is 0 Å². The van der Waals surface area contributed by atoms with Gasteiger partial charge in [-0.15, -0.1) is 11.3 Å². The van der Waals surface area contributed by atoms with Crippen LogP contribution < -0.4 is 10.6 Å². The fourth-order valence-corrected chi connectivity index (χ4v) is 4.71. The molecule has 0 radical (unpaired) electrons. The van der Waals surface area contributed by atoms with Crippen LogP contribution in [-0.4, -0.2) is 17.7 Å². The van der Waals surface area contributed by atoms with Crippen molar-refractivity contribution in [2.75, 3.05) is 6.54 Å². The highest BCUT2D eigenvalue weighted by molar-refractivity contribution is 7.12. The normalized spacial score (nSPS) is 17.0. The van der Waals surface area contributed by atoms with Crippen LogP contribution in [0.3, 0.4) is 0 Å². The first-order chi connectivity index (χ1) is 12.5. The van der Waals surface area contributed by atoms with Crippen LogP contribution in [0.25, 0.3) is 0 Å². The Morgan fingerprint density at radius 3 is 2.50 bits per heavy atom. The number of benzene rings is 1. The third kappa shape index (κ3) is 4.43. The van der Waals surface area contributed by atoms with Gasteiger partial charge in [0.05, 0.1) is 6.10 Å². The van der Waals surface area contributed by atoms with Crippen molar-refractivity contribution in [3.05, 3.63) is 57.5 Å². The van der Waals surface area contributed by atoms with Crippen LogP contribution in [0, 0.1) is 5.82 Å². The highest BCUT2D eigenvalue weighted by Crippen LogP contribution is 2.44. The van der Waals surface area contributed by atoms with E-state index in [9.17, 15) is 14.3 Å². The second-order valence-corrected chi connectivity index (χ2v) is 8.14. The Hall–Kier alpha value is -1.92. The Bertz CT molecular complexity index is 737. The quantitative estimate of drug-likeness (QED) is 0.706. The van der Waals surface area contributed by atoms with Gasteiger partial charge in [-0.25, -0.2) is 9.18 Å². The number of hydrogen-bond acceptors (Lipinski definition) is 3. The second kappa shape index (κ2) is 8.18. The van der Waals surface area contributed by atoms with E-state index in [0.717, 1.165) is 36.1 Å². The Labute approximate surface area is 157 Å². The van der Waals surface area contributed by atoms with Crippen LogP contribution in [0.5, 0.6) is 0 Å². The van der Waals surface area contributed by atoms with Crippen molar-refractivity contribution in [3.8, 4) is 0 Å². The summed E-state index contributed by atoms with van der Waals surface area (Å²) in [6, 6.07) is 9.97. The summed E-state index contributed by atoms with van der Waals surface area (Å²) in [7, 11) is 0. The molecule has 4 nitrogen and oxygen atoms in total. The Balaban J connectivity index is 1.58. The highest BCUT2D eigenvalue weighted by Gasteiger charge is 2.37. The Morgan fingerprint density at radius 2 is 1.88 bits per heavy atom. The zero-order chi connectivity index (χ0) is 18.6. The van der Waals surface area contributed by atoms with E-state index in [-0.39, 0.29) is 17.3 Å². The van der Waals surface area contributed by atoms with Gasteiger partial charge in [-0.2, -0.15) is 0 Å². The summed E-state index contributed by atoms with van der Waals surface area (Å²) >= 11 is 1.64. The molecule has 26 heavy (non-hydrogen) atoms. The van der Waals surface area contributed by atoms with Crippen molar-refractivity contribution in [2.45, 2.75) is 50.7 Å². The summed E-state index contributed by atoms with van der Waals surface area (Å²) in [4.78, 5) is 14.4. The molecular weight excluding hydrogens is 351 g/mol. The maximum atomic E-state index is 12.9. The smallest absolute Gasteiger partial charge is 0.315 e. The summed E-state index contributed by atoms with van der Waals surface area (Å²) in [6.07, 6.45) is 3.94. The van der Waals surface area contributed by atoms with Gasteiger partial charge in [0.15, 0.2) is 0 Å². The number of carbonyl (C=O) groups excluding carboxylic acids is 1. The van der Waals surface area contributed by atoms with E-state index in [1.165, 1.54) is 17.0 Å². The molecule has 6 heteroatoms. The molecule has 3 N–H and O–H groups in total. The lowest BCUT2D eigenvalue weighted by Gasteiger charge is -2.28. The summed E-state index contributed by atoms with van der Waals surface area (Å²) in [5, 5.41) is 15.6. The van der Waals surface area contributed by atoms with Crippen molar-refractivity contribution >= 4 is 17.4 Å². The molecule has 140 valence electrons. The fraction of sp³-hybridized carbons (Fsp3) is 0.450. The Kier molecular flexibility index (Phi) is 5.94. The van der Waals surface area contributed by atoms with Crippen LogP contribution in [0.15, 0.2) is 36.4 Å². The molecule has 1 aromatic carbocycles. The minimum atomic E-state index is -0.459. The lowest BCUT2D eigenvalue weighted by molar-refractivity contribution is 0.203. The first kappa shape index (κ1) is 18.9. The topological polar surface area (TPSA) is 61.4 Å². The van der Waals surface area contributed by atoms with Crippen molar-refractivity contribution < 1.29 is 14.3 Å². The SMILES string of the molecule is C[C@H](O)c1ccc(C2(CNC(=O)NCc3ccc(F)cc3)CCCC2)s1. The number of aliphatic hydroxyl groups is 1. The minimum absolute atomic E-state index is 0.0367. The zero-order valence-corrected chi connectivity index (χ0v) is 15.7. The van der Waals surface area contributed by atoms with Gasteiger partial charge >= 0.3 is 6.03 Å². The number of amides is 2. The van der Waals surface area contributed by atoms with Crippen molar-refractivity contribution in [3.63, 3.8) is 0 Å². The Morgan fingerprint density at radius 1 is 1.19 bits per heavy atom. The number of nitrogens with one attached hydrogen (secondary N) is 2. The fourth-order valence-electron chi connectivity index (χ4n) is 3.52. The highest BCUT2D eigenvalue weighted by atomic mass is 32.1. The van der Waals surface area contributed by atoms with Gasteiger partial charge in [-0.05, 0) is 49.6 Å². The monoisotopic (exact) mass is 376 g/mol. The molecule has 1 saturated carbocycles. The first-order valence-corrected chi connectivity index (χ1v) is 9.85. The molecule has 0 aliphatic heterocycles. The molecule has 1 heterocycles. The molecule has 3 rings (SSSR count). The molecule has 2 aromatic rings. The summed E-state index contributed by atoms with van der Waals surface area (Å²) in [6.45, 7) is 2.73. The van der Waals surface area contributed by atoms with Gasteiger partial charge in [-0.1, -0.05) is 25.0 Å². The number of urea groups is 1. The van der Waals surface area contributed by atoms with Crippen molar-refractivity contribution in [2.24, 2.45) is 0 Å². The van der Waals surface area contributed by atoms with Crippen LogP contribution in [0.1, 0.15) is 54.0 Å². The van der Waals surface area contributed by atoms with E-state index in [4.69, 9.17) is 0 Å². The predicted molar refractivity (Wildman–Crippen MR) is 102 cm³/mol. The van der Waals surface area contributed by atoms with Crippen LogP contribution in [-0.2, 0) is 12.0 Å². The van der Waals surface area contributed by atoms with Gasteiger partial charge in [0.1, 0.15) is 5.82 Å². The molecule has 1 atom stereocenters. The number of halogens is 1. The van der Waals surface area contributed by atoms with Crippen LogP contribution >= 0.6 is 11.3 Å². The molecule has 1 fully saturated rings. The number of hydrogen-bond donors (Lipinski definition) is 3. The number of thiophene rings is 1. The lowest BCUT2D eigenvalue weighted by atomic mass is 9.84. The molecule has 1 aliphatic carbocycles. The van der Waals surface area contributed by atoms with Crippen LogP contribution in [0.2, 0.25) is 0 Å².